The summed E-state index contributed by atoms with van der Waals surface area (Å²) in [4.78, 5) is 0. The molecule has 2 nitrogen and oxygen atoms in total. The molecule has 1 aromatic carbocycles. The van der Waals surface area contributed by atoms with Crippen LogP contribution in [-0.4, -0.2) is 12.8 Å². The summed E-state index contributed by atoms with van der Waals surface area (Å²) >= 11 is 0. The zero-order chi connectivity index (χ0) is 13.1. The molecule has 1 aromatic rings. The molecule has 0 aliphatic carbocycles. The highest BCUT2D eigenvalue weighted by atomic mass is 19.4. The van der Waals surface area contributed by atoms with Gasteiger partial charge in [-0.25, -0.2) is 0 Å². The average Bonchev–Trinajstić information content (AvgIpc) is 2.18. The SMILES string of the molecule is Cc1ccc(OCCC(F)(F)F)c([C@H](C)N)c1. The Morgan fingerprint density at radius 2 is 2.00 bits per heavy atom. The monoisotopic (exact) mass is 247 g/mol. The second-order valence-electron chi connectivity index (χ2n) is 4.04. The minimum Gasteiger partial charge on any atom is -0.493 e. The number of nitrogens with two attached hydrogens (primary N) is 1. The van der Waals surface area contributed by atoms with Gasteiger partial charge in [-0.15, -0.1) is 0 Å². The van der Waals surface area contributed by atoms with Gasteiger partial charge in [0, 0.05) is 11.6 Å². The summed E-state index contributed by atoms with van der Waals surface area (Å²) in [6.07, 6.45) is -5.15. The molecule has 1 rings (SSSR count). The Morgan fingerprint density at radius 1 is 1.35 bits per heavy atom. The summed E-state index contributed by atoms with van der Waals surface area (Å²) < 4.78 is 41.1. The Morgan fingerprint density at radius 3 is 2.53 bits per heavy atom. The van der Waals surface area contributed by atoms with Crippen LogP contribution < -0.4 is 10.5 Å². The van der Waals surface area contributed by atoms with Crippen molar-refractivity contribution in [3.8, 4) is 5.75 Å². The lowest BCUT2D eigenvalue weighted by molar-refractivity contribution is -0.139. The summed E-state index contributed by atoms with van der Waals surface area (Å²) in [5.74, 6) is 0.426. The normalized spacial score (nSPS) is 13.5. The van der Waals surface area contributed by atoms with Gasteiger partial charge in [-0.2, -0.15) is 13.2 Å². The van der Waals surface area contributed by atoms with Gasteiger partial charge < -0.3 is 10.5 Å². The van der Waals surface area contributed by atoms with Crippen molar-refractivity contribution in [2.45, 2.75) is 32.5 Å². The summed E-state index contributed by atoms with van der Waals surface area (Å²) in [7, 11) is 0. The first-order valence-corrected chi connectivity index (χ1v) is 5.35. The van der Waals surface area contributed by atoms with Crippen LogP contribution >= 0.6 is 0 Å². The first-order valence-electron chi connectivity index (χ1n) is 5.35. The van der Waals surface area contributed by atoms with Crippen LogP contribution in [-0.2, 0) is 0 Å². The molecule has 0 spiro atoms. The third-order valence-corrected chi connectivity index (χ3v) is 2.30. The summed E-state index contributed by atoms with van der Waals surface area (Å²) in [6.45, 7) is 3.28. The fraction of sp³-hybridized carbons (Fsp3) is 0.500. The van der Waals surface area contributed by atoms with Gasteiger partial charge in [-0.3, -0.25) is 0 Å². The number of halogens is 3. The summed E-state index contributed by atoms with van der Waals surface area (Å²) in [6, 6.07) is 5.00. The smallest absolute Gasteiger partial charge is 0.392 e. The molecule has 0 bridgehead atoms. The van der Waals surface area contributed by atoms with Gasteiger partial charge in [0.2, 0.25) is 0 Å². The van der Waals surface area contributed by atoms with Crippen molar-refractivity contribution in [1.82, 2.24) is 0 Å². The Balaban J connectivity index is 2.70. The van der Waals surface area contributed by atoms with E-state index in [-0.39, 0.29) is 12.6 Å². The van der Waals surface area contributed by atoms with Crippen molar-refractivity contribution in [3.63, 3.8) is 0 Å². The standard InChI is InChI=1S/C12H16F3NO/c1-8-3-4-11(10(7-8)9(2)16)17-6-5-12(13,14)15/h3-4,7,9H,5-6,16H2,1-2H3/t9-/m0/s1. The Kier molecular flexibility index (Phi) is 4.40. The Bertz CT molecular complexity index is 375. The predicted octanol–water partition coefficient (Wildman–Crippen LogP) is 3.35. The number of hydrogen-bond donors (Lipinski definition) is 1. The molecule has 0 saturated carbocycles. The van der Waals surface area contributed by atoms with Crippen LogP contribution in [0.15, 0.2) is 18.2 Å². The van der Waals surface area contributed by atoms with Gasteiger partial charge >= 0.3 is 6.18 Å². The van der Waals surface area contributed by atoms with Crippen molar-refractivity contribution < 1.29 is 17.9 Å². The highest BCUT2D eigenvalue weighted by molar-refractivity contribution is 5.38. The molecule has 5 heteroatoms. The van der Waals surface area contributed by atoms with Crippen LogP contribution in [0.25, 0.3) is 0 Å². The molecule has 0 radical (unpaired) electrons. The molecule has 0 aromatic heterocycles. The van der Waals surface area contributed by atoms with E-state index in [4.69, 9.17) is 10.5 Å². The molecule has 0 aliphatic rings. The van der Waals surface area contributed by atoms with E-state index in [1.54, 1.807) is 19.1 Å². The molecule has 1 atom stereocenters. The van der Waals surface area contributed by atoms with E-state index in [0.717, 1.165) is 11.1 Å². The van der Waals surface area contributed by atoms with E-state index >= 15 is 0 Å². The molecule has 0 amide bonds. The van der Waals surface area contributed by atoms with Gasteiger partial charge in [0.15, 0.2) is 0 Å². The number of aryl methyl sites for hydroxylation is 1. The molecular formula is C12H16F3NO. The van der Waals surface area contributed by atoms with Gasteiger partial charge in [0.25, 0.3) is 0 Å². The fourth-order valence-corrected chi connectivity index (χ4v) is 1.43. The molecule has 0 heterocycles. The van der Waals surface area contributed by atoms with Crippen LogP contribution in [0.2, 0.25) is 0 Å². The van der Waals surface area contributed by atoms with E-state index in [9.17, 15) is 13.2 Å². The van der Waals surface area contributed by atoms with Crippen LogP contribution in [0.4, 0.5) is 13.2 Å². The lowest BCUT2D eigenvalue weighted by Gasteiger charge is -2.15. The zero-order valence-electron chi connectivity index (χ0n) is 9.84. The summed E-state index contributed by atoms with van der Waals surface area (Å²) in [5.41, 5.74) is 7.47. The first kappa shape index (κ1) is 13.8. The van der Waals surface area contributed by atoms with Gasteiger partial charge in [0.1, 0.15) is 5.75 Å². The van der Waals surface area contributed by atoms with Crippen molar-refractivity contribution in [1.29, 1.82) is 0 Å². The van der Waals surface area contributed by atoms with E-state index in [0.29, 0.717) is 5.75 Å². The molecule has 96 valence electrons. The van der Waals surface area contributed by atoms with E-state index in [2.05, 4.69) is 0 Å². The van der Waals surface area contributed by atoms with Crippen molar-refractivity contribution >= 4 is 0 Å². The maximum atomic E-state index is 12.0. The molecule has 0 aliphatic heterocycles. The molecule has 0 saturated heterocycles. The third-order valence-electron chi connectivity index (χ3n) is 2.30. The highest BCUT2D eigenvalue weighted by Gasteiger charge is 2.27. The minimum atomic E-state index is -4.20. The zero-order valence-corrected chi connectivity index (χ0v) is 9.84. The van der Waals surface area contributed by atoms with E-state index in [1.807, 2.05) is 13.0 Å². The second-order valence-corrected chi connectivity index (χ2v) is 4.04. The number of hydrogen-bond acceptors (Lipinski definition) is 2. The predicted molar refractivity (Wildman–Crippen MR) is 59.9 cm³/mol. The second kappa shape index (κ2) is 5.40. The Hall–Kier alpha value is -1.23. The quantitative estimate of drug-likeness (QED) is 0.885. The maximum Gasteiger partial charge on any atom is 0.392 e. The lowest BCUT2D eigenvalue weighted by atomic mass is 10.1. The van der Waals surface area contributed by atoms with Crippen LogP contribution in [0.1, 0.15) is 30.5 Å². The van der Waals surface area contributed by atoms with E-state index in [1.165, 1.54) is 0 Å². The van der Waals surface area contributed by atoms with E-state index < -0.39 is 12.6 Å². The average molecular weight is 247 g/mol. The topological polar surface area (TPSA) is 35.2 Å². The molecular weight excluding hydrogens is 231 g/mol. The number of alkyl halides is 3. The number of benzene rings is 1. The third kappa shape index (κ3) is 4.65. The van der Waals surface area contributed by atoms with Gasteiger partial charge in [0.05, 0.1) is 13.0 Å². The number of ether oxygens (including phenoxy) is 1. The van der Waals surface area contributed by atoms with Crippen molar-refractivity contribution in [3.05, 3.63) is 29.3 Å². The molecule has 2 N–H and O–H groups in total. The van der Waals surface area contributed by atoms with Crippen LogP contribution in [0, 0.1) is 6.92 Å². The van der Waals surface area contributed by atoms with Gasteiger partial charge in [-0.05, 0) is 19.9 Å². The molecule has 17 heavy (non-hydrogen) atoms. The summed E-state index contributed by atoms with van der Waals surface area (Å²) in [5, 5.41) is 0. The Labute approximate surface area is 98.6 Å². The number of rotatable bonds is 4. The van der Waals surface area contributed by atoms with Gasteiger partial charge in [-0.1, -0.05) is 17.7 Å². The van der Waals surface area contributed by atoms with Crippen LogP contribution in [0.3, 0.4) is 0 Å². The maximum absolute atomic E-state index is 12.0. The first-order chi connectivity index (χ1) is 7.79. The molecule has 0 unspecified atom stereocenters. The van der Waals surface area contributed by atoms with Crippen molar-refractivity contribution in [2.75, 3.05) is 6.61 Å². The lowest BCUT2D eigenvalue weighted by Crippen LogP contribution is -2.14. The van der Waals surface area contributed by atoms with Crippen LogP contribution in [0.5, 0.6) is 5.75 Å². The van der Waals surface area contributed by atoms with Crippen molar-refractivity contribution in [2.24, 2.45) is 5.73 Å². The molecule has 0 fully saturated rings. The fourth-order valence-electron chi connectivity index (χ4n) is 1.43. The highest BCUT2D eigenvalue weighted by Crippen LogP contribution is 2.26. The minimum absolute atomic E-state index is 0.268. The largest absolute Gasteiger partial charge is 0.493 e.